The Hall–Kier alpha value is -1.29. The number of nitrogens with two attached hydrogens (primary N) is 1. The zero-order valence-electron chi connectivity index (χ0n) is 4.61. The Morgan fingerprint density at radius 3 is 2.20 bits per heavy atom. The molecule has 0 aromatic heterocycles. The Labute approximate surface area is 53.7 Å². The van der Waals surface area contributed by atoms with Crippen molar-refractivity contribution in [1.29, 1.82) is 0 Å². The normalized spacial score (nSPS) is 17.1. The highest BCUT2D eigenvalue weighted by atomic mass is 19.4. The van der Waals surface area contributed by atoms with Crippen molar-refractivity contribution in [1.82, 2.24) is 0 Å². The van der Waals surface area contributed by atoms with Crippen molar-refractivity contribution in [2.75, 3.05) is 0 Å². The standard InChI is InChI=1S/C4H2F3N3/c5-4(6,7)2-1-9-10-3(2)8/h(H2,8,10). The van der Waals surface area contributed by atoms with Crippen molar-refractivity contribution in [3.8, 4) is 0 Å². The summed E-state index contributed by atoms with van der Waals surface area (Å²) in [6.45, 7) is 0. The van der Waals surface area contributed by atoms with Crippen LogP contribution in [0.4, 0.5) is 13.2 Å². The molecule has 6 heteroatoms. The van der Waals surface area contributed by atoms with E-state index in [0.29, 0.717) is 0 Å². The monoisotopic (exact) mass is 149 g/mol. The van der Waals surface area contributed by atoms with E-state index in [1.165, 1.54) is 0 Å². The van der Waals surface area contributed by atoms with Crippen LogP contribution in [-0.4, -0.2) is 17.9 Å². The zero-order chi connectivity index (χ0) is 7.78. The molecule has 0 aliphatic carbocycles. The Bertz CT molecular complexity index is 243. The molecule has 10 heavy (non-hydrogen) atoms. The number of alkyl halides is 3. The van der Waals surface area contributed by atoms with Crippen LogP contribution in [0.15, 0.2) is 15.8 Å². The predicted molar refractivity (Wildman–Crippen MR) is 28.6 cm³/mol. The van der Waals surface area contributed by atoms with Gasteiger partial charge in [0.2, 0.25) is 0 Å². The van der Waals surface area contributed by atoms with Gasteiger partial charge in [-0.2, -0.15) is 13.2 Å². The minimum absolute atomic E-state index is 0.632. The van der Waals surface area contributed by atoms with Crippen LogP contribution < -0.4 is 5.73 Å². The van der Waals surface area contributed by atoms with Gasteiger partial charge in [-0.25, -0.2) is 0 Å². The lowest BCUT2D eigenvalue weighted by atomic mass is 10.3. The van der Waals surface area contributed by atoms with Gasteiger partial charge in [0, 0.05) is 5.87 Å². The summed E-state index contributed by atoms with van der Waals surface area (Å²) in [7, 11) is 0. The number of amidine groups is 1. The summed E-state index contributed by atoms with van der Waals surface area (Å²) in [4.78, 5) is 0. The van der Waals surface area contributed by atoms with Crippen LogP contribution in [0.25, 0.3) is 0 Å². The molecule has 2 N–H and O–H groups in total. The lowest BCUT2D eigenvalue weighted by Crippen LogP contribution is -2.25. The highest BCUT2D eigenvalue weighted by Gasteiger charge is 2.38. The van der Waals surface area contributed by atoms with Gasteiger partial charge in [0.15, 0.2) is 11.4 Å². The lowest BCUT2D eigenvalue weighted by molar-refractivity contribution is -0.0845. The molecule has 0 saturated carbocycles. The van der Waals surface area contributed by atoms with E-state index in [0.717, 1.165) is 0 Å². The van der Waals surface area contributed by atoms with Crippen LogP contribution in [0, 0.1) is 0 Å². The Morgan fingerprint density at radius 2 is 2.00 bits per heavy atom. The molecule has 0 aromatic carbocycles. The largest absolute Gasteiger partial charge is 0.428 e. The topological polar surface area (TPSA) is 50.7 Å². The number of rotatable bonds is 0. The SMILES string of the molecule is NC1=NN=C=C1C(F)(F)F. The van der Waals surface area contributed by atoms with Gasteiger partial charge in [-0.1, -0.05) is 0 Å². The maximum absolute atomic E-state index is 11.7. The fourth-order valence-electron chi connectivity index (χ4n) is 0.445. The molecule has 0 bridgehead atoms. The van der Waals surface area contributed by atoms with Gasteiger partial charge in [0.25, 0.3) is 0 Å². The molecular formula is C4H2F3N3. The molecule has 1 rings (SSSR count). The first-order valence-corrected chi connectivity index (χ1v) is 2.25. The van der Waals surface area contributed by atoms with Gasteiger partial charge in [0.1, 0.15) is 0 Å². The van der Waals surface area contributed by atoms with E-state index in [-0.39, 0.29) is 0 Å². The third kappa shape index (κ3) is 1.01. The number of hydrogen-bond acceptors (Lipinski definition) is 3. The third-order valence-electron chi connectivity index (χ3n) is 0.859. The van der Waals surface area contributed by atoms with Gasteiger partial charge in [-0.15, -0.1) is 10.2 Å². The first-order chi connectivity index (χ1) is 4.52. The van der Waals surface area contributed by atoms with E-state index in [2.05, 4.69) is 10.2 Å². The highest BCUT2D eigenvalue weighted by molar-refractivity contribution is 6.07. The van der Waals surface area contributed by atoms with Gasteiger partial charge in [-0.3, -0.25) is 0 Å². The van der Waals surface area contributed by atoms with E-state index in [4.69, 9.17) is 5.73 Å². The second-order valence-electron chi connectivity index (χ2n) is 1.57. The van der Waals surface area contributed by atoms with Gasteiger partial charge >= 0.3 is 6.18 Å². The summed E-state index contributed by atoms with van der Waals surface area (Å²) < 4.78 is 35.1. The molecular weight excluding hydrogens is 147 g/mol. The molecule has 0 unspecified atom stereocenters. The quantitative estimate of drug-likeness (QED) is 0.533. The van der Waals surface area contributed by atoms with Gasteiger partial charge in [0.05, 0.1) is 0 Å². The highest BCUT2D eigenvalue weighted by Crippen LogP contribution is 2.24. The Balaban J connectivity index is 2.97. The van der Waals surface area contributed by atoms with Crippen LogP contribution in [0.2, 0.25) is 0 Å². The molecule has 0 spiro atoms. The summed E-state index contributed by atoms with van der Waals surface area (Å²) in [6.07, 6.45) is -4.49. The van der Waals surface area contributed by atoms with Crippen molar-refractivity contribution in [2.24, 2.45) is 15.9 Å². The van der Waals surface area contributed by atoms with E-state index in [1.807, 2.05) is 0 Å². The second kappa shape index (κ2) is 1.85. The third-order valence-corrected chi connectivity index (χ3v) is 0.859. The Kier molecular flexibility index (Phi) is 1.26. The molecule has 0 amide bonds. The summed E-state index contributed by atoms with van der Waals surface area (Å²) in [5.74, 6) is 1.00. The van der Waals surface area contributed by atoms with E-state index in [9.17, 15) is 13.2 Å². The minimum atomic E-state index is -4.49. The molecule has 54 valence electrons. The fourth-order valence-corrected chi connectivity index (χ4v) is 0.445. The smallest absolute Gasteiger partial charge is 0.381 e. The number of halogens is 3. The number of hydrogen-bond donors (Lipinski definition) is 1. The van der Waals surface area contributed by atoms with Crippen LogP contribution in [0.5, 0.6) is 0 Å². The first kappa shape index (κ1) is 6.82. The van der Waals surface area contributed by atoms with Crippen LogP contribution in [-0.2, 0) is 0 Å². The second-order valence-corrected chi connectivity index (χ2v) is 1.57. The fraction of sp³-hybridized carbons (Fsp3) is 0.250. The molecule has 1 aliphatic rings. The van der Waals surface area contributed by atoms with Gasteiger partial charge < -0.3 is 5.73 Å². The average molecular weight is 149 g/mol. The summed E-state index contributed by atoms with van der Waals surface area (Å²) in [5.41, 5.74) is 3.70. The number of nitrogens with zero attached hydrogens (tertiary/aromatic N) is 2. The van der Waals surface area contributed by atoms with Crippen LogP contribution in [0.3, 0.4) is 0 Å². The van der Waals surface area contributed by atoms with E-state index < -0.39 is 17.6 Å². The van der Waals surface area contributed by atoms with Crippen molar-refractivity contribution < 1.29 is 13.2 Å². The molecule has 0 fully saturated rings. The average Bonchev–Trinajstić information content (AvgIpc) is 2.11. The first-order valence-electron chi connectivity index (χ1n) is 2.25. The molecule has 0 aromatic rings. The predicted octanol–water partition coefficient (Wildman–Crippen LogP) is 0.431. The molecule has 0 saturated heterocycles. The van der Waals surface area contributed by atoms with Crippen molar-refractivity contribution in [3.63, 3.8) is 0 Å². The maximum Gasteiger partial charge on any atom is 0.428 e. The molecule has 1 aliphatic heterocycles. The van der Waals surface area contributed by atoms with E-state index >= 15 is 0 Å². The molecule has 1 heterocycles. The molecule has 0 atom stereocenters. The van der Waals surface area contributed by atoms with Crippen LogP contribution in [0.1, 0.15) is 0 Å². The lowest BCUT2D eigenvalue weighted by Gasteiger charge is -2.02. The summed E-state index contributed by atoms with van der Waals surface area (Å²) >= 11 is 0. The van der Waals surface area contributed by atoms with Crippen molar-refractivity contribution in [2.45, 2.75) is 6.18 Å². The minimum Gasteiger partial charge on any atom is -0.381 e. The van der Waals surface area contributed by atoms with Crippen molar-refractivity contribution in [3.05, 3.63) is 5.57 Å². The zero-order valence-corrected chi connectivity index (χ0v) is 4.61. The molecule has 3 nitrogen and oxygen atoms in total. The Morgan fingerprint density at radius 1 is 1.40 bits per heavy atom. The summed E-state index contributed by atoms with van der Waals surface area (Å²) in [5, 5.41) is 5.80. The maximum atomic E-state index is 11.7. The summed E-state index contributed by atoms with van der Waals surface area (Å²) in [6, 6.07) is 0. The van der Waals surface area contributed by atoms with Crippen LogP contribution >= 0.6 is 0 Å². The molecule has 0 radical (unpaired) electrons. The van der Waals surface area contributed by atoms with E-state index in [1.54, 1.807) is 5.87 Å². The van der Waals surface area contributed by atoms with Crippen molar-refractivity contribution >= 4 is 11.7 Å². The van der Waals surface area contributed by atoms with Gasteiger partial charge in [-0.05, 0) is 0 Å².